The van der Waals surface area contributed by atoms with Gasteiger partial charge in [-0.05, 0) is 36.1 Å². The van der Waals surface area contributed by atoms with Crippen molar-refractivity contribution < 1.29 is 4.79 Å². The summed E-state index contributed by atoms with van der Waals surface area (Å²) in [6, 6.07) is 17.2. The van der Waals surface area contributed by atoms with Gasteiger partial charge in [0.25, 0.3) is 0 Å². The van der Waals surface area contributed by atoms with E-state index in [2.05, 4.69) is 16.7 Å². The van der Waals surface area contributed by atoms with Crippen LogP contribution in [0.1, 0.15) is 49.1 Å². The van der Waals surface area contributed by atoms with Crippen LogP contribution in [0.4, 0.5) is 10.5 Å². The van der Waals surface area contributed by atoms with Crippen LogP contribution in [0.3, 0.4) is 0 Å². The average molecular weight is 368 g/mol. The standard InChI is InChI=1S/C21H22ClN3O/c22-20-13-17(25-21(26)24-16-9-5-2-6-10-16)11-12-18(20)19(14-23)15-7-3-1-4-8-15/h1,3-4,7-8,11-13,16,19H,2,5-6,9-10H2,(H2,24,25,26)/t19-/m0/s1. The van der Waals surface area contributed by atoms with Crippen molar-refractivity contribution in [3.63, 3.8) is 0 Å². The molecule has 3 rings (SSSR count). The van der Waals surface area contributed by atoms with Crippen molar-refractivity contribution in [1.82, 2.24) is 5.32 Å². The number of nitriles is 1. The van der Waals surface area contributed by atoms with Gasteiger partial charge in [0.15, 0.2) is 0 Å². The number of amides is 2. The van der Waals surface area contributed by atoms with Crippen molar-refractivity contribution >= 4 is 23.3 Å². The third-order valence-corrected chi connectivity index (χ3v) is 5.10. The topological polar surface area (TPSA) is 64.9 Å². The third-order valence-electron chi connectivity index (χ3n) is 4.77. The fourth-order valence-electron chi connectivity index (χ4n) is 3.41. The molecule has 1 atom stereocenters. The van der Waals surface area contributed by atoms with E-state index in [1.54, 1.807) is 18.2 Å². The Bertz CT molecular complexity index is 795. The number of urea groups is 1. The lowest BCUT2D eigenvalue weighted by molar-refractivity contribution is 0.244. The minimum absolute atomic E-state index is 0.208. The van der Waals surface area contributed by atoms with Gasteiger partial charge < -0.3 is 10.6 Å². The highest BCUT2D eigenvalue weighted by Crippen LogP contribution is 2.31. The maximum atomic E-state index is 12.2. The molecule has 1 aliphatic carbocycles. The molecule has 1 saturated carbocycles. The number of hydrogen-bond acceptors (Lipinski definition) is 2. The van der Waals surface area contributed by atoms with Crippen molar-refractivity contribution in [2.24, 2.45) is 0 Å². The highest BCUT2D eigenvalue weighted by molar-refractivity contribution is 6.31. The molecular weight excluding hydrogens is 346 g/mol. The predicted molar refractivity (Wildman–Crippen MR) is 104 cm³/mol. The lowest BCUT2D eigenvalue weighted by Crippen LogP contribution is -2.39. The van der Waals surface area contributed by atoms with Crippen LogP contribution in [0, 0.1) is 11.3 Å². The van der Waals surface area contributed by atoms with Crippen LogP contribution >= 0.6 is 11.6 Å². The molecule has 0 heterocycles. The summed E-state index contributed by atoms with van der Waals surface area (Å²) in [5, 5.41) is 15.9. The Hall–Kier alpha value is -2.51. The Morgan fingerprint density at radius 3 is 2.50 bits per heavy atom. The molecule has 0 aromatic heterocycles. The Balaban J connectivity index is 1.69. The van der Waals surface area contributed by atoms with Gasteiger partial charge in [-0.25, -0.2) is 4.79 Å². The van der Waals surface area contributed by atoms with E-state index in [1.165, 1.54) is 19.3 Å². The Kier molecular flexibility index (Phi) is 6.14. The molecule has 2 aromatic carbocycles. The van der Waals surface area contributed by atoms with Gasteiger partial charge in [-0.15, -0.1) is 0 Å². The molecule has 0 bridgehead atoms. The van der Waals surface area contributed by atoms with Crippen LogP contribution in [0.15, 0.2) is 48.5 Å². The van der Waals surface area contributed by atoms with Gasteiger partial charge in [-0.2, -0.15) is 5.26 Å². The predicted octanol–water partition coefficient (Wildman–Crippen LogP) is 5.45. The molecule has 2 amide bonds. The first kappa shape index (κ1) is 18.3. The fourth-order valence-corrected chi connectivity index (χ4v) is 3.70. The SMILES string of the molecule is N#C[C@@H](c1ccccc1)c1ccc(NC(=O)NC2CCCCC2)cc1Cl. The number of halogens is 1. The van der Waals surface area contributed by atoms with E-state index >= 15 is 0 Å². The van der Waals surface area contributed by atoms with Gasteiger partial charge in [0.1, 0.15) is 0 Å². The maximum absolute atomic E-state index is 12.2. The van der Waals surface area contributed by atoms with E-state index in [0.29, 0.717) is 10.7 Å². The largest absolute Gasteiger partial charge is 0.335 e. The van der Waals surface area contributed by atoms with Crippen LogP contribution in [0.25, 0.3) is 0 Å². The molecular formula is C21H22ClN3O. The van der Waals surface area contributed by atoms with Crippen molar-refractivity contribution in [2.45, 2.75) is 44.1 Å². The van der Waals surface area contributed by atoms with Crippen LogP contribution in [-0.2, 0) is 0 Å². The van der Waals surface area contributed by atoms with Gasteiger partial charge in [-0.3, -0.25) is 0 Å². The van der Waals surface area contributed by atoms with E-state index in [-0.39, 0.29) is 12.1 Å². The summed E-state index contributed by atoms with van der Waals surface area (Å²) in [6.07, 6.45) is 5.65. The lowest BCUT2D eigenvalue weighted by Gasteiger charge is -2.23. The summed E-state index contributed by atoms with van der Waals surface area (Å²) in [5.74, 6) is -0.436. The first-order chi connectivity index (χ1) is 12.7. The fraction of sp³-hybridized carbons (Fsp3) is 0.333. The number of carbonyl (C=O) groups excluding carboxylic acids is 1. The van der Waals surface area contributed by atoms with Crippen molar-refractivity contribution in [3.8, 4) is 6.07 Å². The number of nitrogens with zero attached hydrogens (tertiary/aromatic N) is 1. The van der Waals surface area contributed by atoms with Crippen LogP contribution in [0.5, 0.6) is 0 Å². The second-order valence-corrected chi connectivity index (χ2v) is 7.05. The summed E-state index contributed by atoms with van der Waals surface area (Å²) in [7, 11) is 0. The summed E-state index contributed by atoms with van der Waals surface area (Å²) in [5.41, 5.74) is 2.25. The summed E-state index contributed by atoms with van der Waals surface area (Å²) < 4.78 is 0. The van der Waals surface area contributed by atoms with Gasteiger partial charge in [0.2, 0.25) is 0 Å². The zero-order valence-corrected chi connectivity index (χ0v) is 15.3. The number of benzene rings is 2. The molecule has 2 N–H and O–H groups in total. The normalized spacial score (nSPS) is 15.7. The van der Waals surface area contributed by atoms with Crippen molar-refractivity contribution in [2.75, 3.05) is 5.32 Å². The number of hydrogen-bond donors (Lipinski definition) is 2. The molecule has 0 aliphatic heterocycles. The highest BCUT2D eigenvalue weighted by Gasteiger charge is 2.18. The zero-order valence-electron chi connectivity index (χ0n) is 14.5. The molecule has 1 fully saturated rings. The first-order valence-corrected chi connectivity index (χ1v) is 9.36. The maximum Gasteiger partial charge on any atom is 0.319 e. The molecule has 0 spiro atoms. The van der Waals surface area contributed by atoms with Crippen molar-refractivity contribution in [3.05, 3.63) is 64.7 Å². The molecule has 134 valence electrons. The van der Waals surface area contributed by atoms with Gasteiger partial charge >= 0.3 is 6.03 Å². The molecule has 0 unspecified atom stereocenters. The van der Waals surface area contributed by atoms with E-state index in [0.717, 1.165) is 24.0 Å². The van der Waals surface area contributed by atoms with Crippen molar-refractivity contribution in [1.29, 1.82) is 5.26 Å². The Morgan fingerprint density at radius 2 is 1.85 bits per heavy atom. The summed E-state index contributed by atoms with van der Waals surface area (Å²) in [6.45, 7) is 0. The molecule has 1 aliphatic rings. The molecule has 5 heteroatoms. The average Bonchev–Trinajstić information content (AvgIpc) is 2.65. The van der Waals surface area contributed by atoms with E-state index in [1.807, 2.05) is 30.3 Å². The lowest BCUT2D eigenvalue weighted by atomic mass is 9.92. The number of anilines is 1. The first-order valence-electron chi connectivity index (χ1n) is 8.99. The van der Waals surface area contributed by atoms with E-state index in [9.17, 15) is 10.1 Å². The smallest absolute Gasteiger partial charge is 0.319 e. The minimum atomic E-state index is -0.436. The van der Waals surface area contributed by atoms with E-state index < -0.39 is 5.92 Å². The summed E-state index contributed by atoms with van der Waals surface area (Å²) in [4.78, 5) is 12.2. The third kappa shape index (κ3) is 4.56. The Morgan fingerprint density at radius 1 is 1.12 bits per heavy atom. The van der Waals surface area contributed by atoms with Crippen LogP contribution in [-0.4, -0.2) is 12.1 Å². The number of rotatable bonds is 4. The van der Waals surface area contributed by atoms with E-state index in [4.69, 9.17) is 11.6 Å². The zero-order chi connectivity index (χ0) is 18.4. The van der Waals surface area contributed by atoms with Gasteiger partial charge in [0.05, 0.1) is 12.0 Å². The molecule has 0 radical (unpaired) electrons. The molecule has 26 heavy (non-hydrogen) atoms. The Labute approximate surface area is 159 Å². The number of carbonyl (C=O) groups is 1. The second-order valence-electron chi connectivity index (χ2n) is 6.64. The summed E-state index contributed by atoms with van der Waals surface area (Å²) >= 11 is 6.41. The quantitative estimate of drug-likeness (QED) is 0.754. The van der Waals surface area contributed by atoms with Crippen LogP contribution in [0.2, 0.25) is 5.02 Å². The minimum Gasteiger partial charge on any atom is -0.335 e. The second kappa shape index (κ2) is 8.73. The number of nitrogens with one attached hydrogen (secondary N) is 2. The van der Waals surface area contributed by atoms with Gasteiger partial charge in [-0.1, -0.05) is 67.3 Å². The molecule has 2 aromatic rings. The van der Waals surface area contributed by atoms with Crippen LogP contribution < -0.4 is 10.6 Å². The molecule has 4 nitrogen and oxygen atoms in total. The monoisotopic (exact) mass is 367 g/mol. The van der Waals surface area contributed by atoms with Gasteiger partial charge in [0, 0.05) is 16.8 Å². The highest BCUT2D eigenvalue weighted by atomic mass is 35.5. The molecule has 0 saturated heterocycles.